The highest BCUT2D eigenvalue weighted by Crippen LogP contribution is 2.35. The average molecular weight is 308 g/mol. The molecule has 0 aliphatic heterocycles. The molecule has 1 aromatic rings. The first-order valence-electron chi connectivity index (χ1n) is 7.27. The standard InChI is InChI=1S/C16H22BrN/c1-11-3-2-4-14(9-11)18-16-8-5-12-10-13(17)6-7-15(12)16/h6-7,10-11,14,16,18H,2-5,8-9H2,1H3. The molecule has 3 rings (SSSR count). The lowest BCUT2D eigenvalue weighted by Crippen LogP contribution is -2.35. The smallest absolute Gasteiger partial charge is 0.0328 e. The molecule has 2 aliphatic carbocycles. The SMILES string of the molecule is CC1CCCC(NC2CCc3cc(Br)ccc32)C1. The highest BCUT2D eigenvalue weighted by Gasteiger charge is 2.26. The Kier molecular flexibility index (Phi) is 3.76. The van der Waals surface area contributed by atoms with Crippen molar-refractivity contribution in [1.82, 2.24) is 5.32 Å². The summed E-state index contributed by atoms with van der Waals surface area (Å²) in [7, 11) is 0. The molecule has 1 fully saturated rings. The first-order valence-corrected chi connectivity index (χ1v) is 8.06. The summed E-state index contributed by atoms with van der Waals surface area (Å²) in [6, 6.07) is 8.12. The Morgan fingerprint density at radius 2 is 2.11 bits per heavy atom. The van der Waals surface area contributed by atoms with Crippen LogP contribution in [0.5, 0.6) is 0 Å². The molecule has 0 aromatic heterocycles. The maximum absolute atomic E-state index is 3.91. The van der Waals surface area contributed by atoms with Crippen molar-refractivity contribution in [2.45, 2.75) is 57.5 Å². The summed E-state index contributed by atoms with van der Waals surface area (Å²) < 4.78 is 1.22. The minimum atomic E-state index is 0.600. The molecule has 0 bridgehead atoms. The van der Waals surface area contributed by atoms with Crippen LogP contribution in [0.2, 0.25) is 0 Å². The molecule has 1 aromatic carbocycles. The van der Waals surface area contributed by atoms with E-state index in [1.54, 1.807) is 0 Å². The second-order valence-corrected chi connectivity index (χ2v) is 6.99. The van der Waals surface area contributed by atoms with Crippen molar-refractivity contribution in [2.24, 2.45) is 5.92 Å². The molecule has 1 N–H and O–H groups in total. The Bertz CT molecular complexity index is 429. The van der Waals surface area contributed by atoms with Gasteiger partial charge in [-0.25, -0.2) is 0 Å². The van der Waals surface area contributed by atoms with Crippen molar-refractivity contribution in [3.63, 3.8) is 0 Å². The zero-order chi connectivity index (χ0) is 12.5. The Morgan fingerprint density at radius 3 is 2.94 bits per heavy atom. The van der Waals surface area contributed by atoms with Gasteiger partial charge in [0.1, 0.15) is 0 Å². The predicted molar refractivity (Wildman–Crippen MR) is 79.8 cm³/mol. The van der Waals surface area contributed by atoms with Gasteiger partial charge in [-0.3, -0.25) is 0 Å². The largest absolute Gasteiger partial charge is 0.307 e. The monoisotopic (exact) mass is 307 g/mol. The fraction of sp³-hybridized carbons (Fsp3) is 0.625. The van der Waals surface area contributed by atoms with Crippen LogP contribution in [0.15, 0.2) is 22.7 Å². The van der Waals surface area contributed by atoms with Gasteiger partial charge in [0.05, 0.1) is 0 Å². The van der Waals surface area contributed by atoms with Crippen LogP contribution < -0.4 is 5.32 Å². The number of nitrogens with one attached hydrogen (secondary N) is 1. The van der Waals surface area contributed by atoms with Gasteiger partial charge in [0.15, 0.2) is 0 Å². The Balaban J connectivity index is 1.69. The molecule has 2 heteroatoms. The van der Waals surface area contributed by atoms with Crippen LogP contribution in [-0.2, 0) is 6.42 Å². The van der Waals surface area contributed by atoms with Crippen molar-refractivity contribution in [3.05, 3.63) is 33.8 Å². The maximum Gasteiger partial charge on any atom is 0.0328 e. The second kappa shape index (κ2) is 5.34. The minimum absolute atomic E-state index is 0.600. The summed E-state index contributed by atoms with van der Waals surface area (Å²) >= 11 is 3.57. The summed E-state index contributed by atoms with van der Waals surface area (Å²) in [5, 5.41) is 3.91. The van der Waals surface area contributed by atoms with E-state index in [1.807, 2.05) is 0 Å². The molecule has 0 heterocycles. The van der Waals surface area contributed by atoms with Gasteiger partial charge >= 0.3 is 0 Å². The number of benzene rings is 1. The summed E-state index contributed by atoms with van der Waals surface area (Å²) in [6.07, 6.45) is 8.06. The van der Waals surface area contributed by atoms with Crippen molar-refractivity contribution >= 4 is 15.9 Å². The van der Waals surface area contributed by atoms with Crippen LogP contribution in [0.1, 0.15) is 56.2 Å². The molecular formula is C16H22BrN. The van der Waals surface area contributed by atoms with Crippen molar-refractivity contribution in [2.75, 3.05) is 0 Å². The van der Waals surface area contributed by atoms with Crippen molar-refractivity contribution < 1.29 is 0 Å². The number of rotatable bonds is 2. The first-order chi connectivity index (χ1) is 8.72. The molecule has 0 saturated heterocycles. The molecule has 1 nitrogen and oxygen atoms in total. The van der Waals surface area contributed by atoms with Crippen LogP contribution in [0, 0.1) is 5.92 Å². The van der Waals surface area contributed by atoms with E-state index in [-0.39, 0.29) is 0 Å². The molecule has 1 saturated carbocycles. The van der Waals surface area contributed by atoms with E-state index in [0.29, 0.717) is 6.04 Å². The normalized spacial score (nSPS) is 31.3. The van der Waals surface area contributed by atoms with E-state index in [1.165, 1.54) is 54.1 Å². The van der Waals surface area contributed by atoms with E-state index in [9.17, 15) is 0 Å². The zero-order valence-electron chi connectivity index (χ0n) is 11.1. The van der Waals surface area contributed by atoms with Crippen LogP contribution in [0.25, 0.3) is 0 Å². The molecule has 3 atom stereocenters. The Labute approximate surface area is 118 Å². The molecule has 0 amide bonds. The zero-order valence-corrected chi connectivity index (χ0v) is 12.7. The lowest BCUT2D eigenvalue weighted by atomic mass is 9.86. The number of fused-ring (bicyclic) bond motifs is 1. The third-order valence-corrected chi connectivity index (χ3v) is 5.05. The maximum atomic E-state index is 3.91. The average Bonchev–Trinajstić information content (AvgIpc) is 2.72. The van der Waals surface area contributed by atoms with E-state index in [4.69, 9.17) is 0 Å². The number of hydrogen-bond acceptors (Lipinski definition) is 1. The van der Waals surface area contributed by atoms with E-state index >= 15 is 0 Å². The van der Waals surface area contributed by atoms with E-state index in [2.05, 4.69) is 46.4 Å². The van der Waals surface area contributed by atoms with Gasteiger partial charge in [0.2, 0.25) is 0 Å². The van der Waals surface area contributed by atoms with Gasteiger partial charge in [0.25, 0.3) is 0 Å². The quantitative estimate of drug-likeness (QED) is 0.841. The Hall–Kier alpha value is -0.340. The molecular weight excluding hydrogens is 286 g/mol. The van der Waals surface area contributed by atoms with E-state index < -0.39 is 0 Å². The Morgan fingerprint density at radius 1 is 1.22 bits per heavy atom. The van der Waals surface area contributed by atoms with Gasteiger partial charge in [0, 0.05) is 16.6 Å². The summed E-state index contributed by atoms with van der Waals surface area (Å²) in [4.78, 5) is 0. The molecule has 18 heavy (non-hydrogen) atoms. The number of hydrogen-bond donors (Lipinski definition) is 1. The lowest BCUT2D eigenvalue weighted by molar-refractivity contribution is 0.280. The van der Waals surface area contributed by atoms with Crippen LogP contribution in [-0.4, -0.2) is 6.04 Å². The second-order valence-electron chi connectivity index (χ2n) is 6.07. The van der Waals surface area contributed by atoms with Gasteiger partial charge in [-0.2, -0.15) is 0 Å². The molecule has 3 unspecified atom stereocenters. The topological polar surface area (TPSA) is 12.0 Å². The molecule has 0 radical (unpaired) electrons. The highest BCUT2D eigenvalue weighted by molar-refractivity contribution is 9.10. The fourth-order valence-corrected chi connectivity index (χ4v) is 4.04. The van der Waals surface area contributed by atoms with E-state index in [0.717, 1.165) is 12.0 Å². The van der Waals surface area contributed by atoms with Crippen LogP contribution in [0.3, 0.4) is 0 Å². The van der Waals surface area contributed by atoms with Crippen LogP contribution in [0.4, 0.5) is 0 Å². The summed E-state index contributed by atoms with van der Waals surface area (Å²) in [5.41, 5.74) is 3.07. The number of aryl methyl sites for hydroxylation is 1. The number of halogens is 1. The molecule has 2 aliphatic rings. The summed E-state index contributed by atoms with van der Waals surface area (Å²) in [6.45, 7) is 2.40. The van der Waals surface area contributed by atoms with Gasteiger partial charge < -0.3 is 5.32 Å². The van der Waals surface area contributed by atoms with Gasteiger partial charge in [-0.1, -0.05) is 41.8 Å². The first kappa shape index (κ1) is 12.7. The molecule has 0 spiro atoms. The molecule has 98 valence electrons. The third kappa shape index (κ3) is 2.65. The van der Waals surface area contributed by atoms with Gasteiger partial charge in [-0.05, 0) is 54.9 Å². The minimum Gasteiger partial charge on any atom is -0.307 e. The van der Waals surface area contributed by atoms with Crippen LogP contribution >= 0.6 is 15.9 Å². The predicted octanol–water partition coefficient (Wildman–Crippen LogP) is 4.60. The van der Waals surface area contributed by atoms with Gasteiger partial charge in [-0.15, -0.1) is 0 Å². The fourth-order valence-electron chi connectivity index (χ4n) is 3.63. The summed E-state index contributed by atoms with van der Waals surface area (Å²) in [5.74, 6) is 0.905. The highest BCUT2D eigenvalue weighted by atomic mass is 79.9. The van der Waals surface area contributed by atoms with Crippen molar-refractivity contribution in [1.29, 1.82) is 0 Å². The lowest BCUT2D eigenvalue weighted by Gasteiger charge is -2.30. The van der Waals surface area contributed by atoms with Crippen molar-refractivity contribution in [3.8, 4) is 0 Å². The third-order valence-electron chi connectivity index (χ3n) is 4.56.